The molecule has 0 heterocycles. The van der Waals surface area contributed by atoms with Crippen molar-refractivity contribution >= 4 is 17.9 Å². The number of aliphatic carboxylic acids is 1. The van der Waals surface area contributed by atoms with Crippen molar-refractivity contribution in [1.82, 2.24) is 10.6 Å². The predicted molar refractivity (Wildman–Crippen MR) is 96.4 cm³/mol. The molecular formula is C18H32N2O5. The summed E-state index contributed by atoms with van der Waals surface area (Å²) in [7, 11) is 1.48. The average Bonchev–Trinajstić information content (AvgIpc) is 2.57. The number of allylic oxidation sites excluding steroid dienone is 2. The van der Waals surface area contributed by atoms with E-state index >= 15 is 0 Å². The molecule has 0 saturated carbocycles. The number of ether oxygens (including phenoxy) is 1. The van der Waals surface area contributed by atoms with Crippen molar-refractivity contribution in [3.05, 3.63) is 12.2 Å². The van der Waals surface area contributed by atoms with Gasteiger partial charge in [0.2, 0.25) is 5.91 Å². The maximum absolute atomic E-state index is 11.3. The van der Waals surface area contributed by atoms with Gasteiger partial charge in [-0.15, -0.1) is 0 Å². The first kappa shape index (κ1) is 23.1. The maximum atomic E-state index is 11.3. The lowest BCUT2D eigenvalue weighted by Gasteiger charge is -2.02. The molecule has 0 fully saturated rings. The van der Waals surface area contributed by atoms with Crippen molar-refractivity contribution < 1.29 is 24.2 Å². The summed E-state index contributed by atoms with van der Waals surface area (Å²) in [4.78, 5) is 32.5. The Morgan fingerprint density at radius 1 is 0.920 bits per heavy atom. The lowest BCUT2D eigenvalue weighted by Crippen LogP contribution is -2.37. The van der Waals surface area contributed by atoms with Crippen LogP contribution in [0.5, 0.6) is 0 Å². The van der Waals surface area contributed by atoms with Crippen molar-refractivity contribution in [2.75, 3.05) is 20.3 Å². The minimum atomic E-state index is -0.918. The van der Waals surface area contributed by atoms with Crippen molar-refractivity contribution in [1.29, 1.82) is 0 Å². The first-order valence-corrected chi connectivity index (χ1v) is 9.02. The molecule has 0 rings (SSSR count). The van der Waals surface area contributed by atoms with Gasteiger partial charge in [-0.2, -0.15) is 0 Å². The largest absolute Gasteiger partial charge is 0.480 e. The molecule has 7 nitrogen and oxygen atoms in total. The van der Waals surface area contributed by atoms with E-state index in [9.17, 15) is 14.4 Å². The van der Waals surface area contributed by atoms with Crippen LogP contribution in [0.4, 0.5) is 4.79 Å². The van der Waals surface area contributed by atoms with Gasteiger partial charge in [0.15, 0.2) is 0 Å². The van der Waals surface area contributed by atoms with Gasteiger partial charge < -0.3 is 15.2 Å². The Morgan fingerprint density at radius 2 is 1.52 bits per heavy atom. The lowest BCUT2D eigenvalue weighted by atomic mass is 10.1. The third-order valence-electron chi connectivity index (χ3n) is 3.56. The monoisotopic (exact) mass is 356 g/mol. The minimum Gasteiger partial charge on any atom is -0.480 e. The molecule has 0 aromatic heterocycles. The number of carbonyl (C=O) groups excluding carboxylic acids is 2. The Morgan fingerprint density at radius 3 is 2.16 bits per heavy atom. The van der Waals surface area contributed by atoms with Crippen molar-refractivity contribution in [3.8, 4) is 0 Å². The number of nitrogens with one attached hydrogen (secondary N) is 2. The second-order valence-electron chi connectivity index (χ2n) is 5.85. The molecule has 0 atom stereocenters. The molecule has 0 aromatic rings. The Labute approximate surface area is 150 Å². The summed E-state index contributed by atoms with van der Waals surface area (Å²) in [5, 5.41) is 13.0. The molecule has 3 N–H and O–H groups in total. The smallest absolute Gasteiger partial charge is 0.329 e. The van der Waals surface area contributed by atoms with E-state index in [0.717, 1.165) is 51.4 Å². The number of hydrogen-bond acceptors (Lipinski definition) is 4. The summed E-state index contributed by atoms with van der Waals surface area (Å²) in [5.74, 6) is -1.16. The van der Waals surface area contributed by atoms with E-state index in [1.807, 2.05) is 0 Å². The fraction of sp³-hybridized carbons (Fsp3) is 0.722. The molecule has 0 aliphatic rings. The van der Waals surface area contributed by atoms with Crippen LogP contribution in [-0.2, 0) is 14.3 Å². The van der Waals surface area contributed by atoms with Gasteiger partial charge in [0.05, 0.1) is 0 Å². The van der Waals surface area contributed by atoms with Gasteiger partial charge in [0.25, 0.3) is 0 Å². The van der Waals surface area contributed by atoms with Crippen LogP contribution in [0.2, 0.25) is 0 Å². The Bertz CT molecular complexity index is 410. The Balaban J connectivity index is 3.27. The molecule has 7 heteroatoms. The number of carboxylic acids is 1. The van der Waals surface area contributed by atoms with Crippen molar-refractivity contribution in [2.45, 2.75) is 64.2 Å². The number of imide groups is 1. The molecule has 25 heavy (non-hydrogen) atoms. The van der Waals surface area contributed by atoms with E-state index in [0.29, 0.717) is 13.0 Å². The third kappa shape index (κ3) is 18.3. The van der Waals surface area contributed by atoms with Crippen LogP contribution in [0, 0.1) is 0 Å². The zero-order chi connectivity index (χ0) is 18.8. The number of rotatable bonds is 15. The van der Waals surface area contributed by atoms with Gasteiger partial charge in [0, 0.05) is 20.1 Å². The highest BCUT2D eigenvalue weighted by Gasteiger charge is 2.04. The minimum absolute atomic E-state index is 0.205. The second-order valence-corrected chi connectivity index (χ2v) is 5.85. The van der Waals surface area contributed by atoms with Crippen LogP contribution >= 0.6 is 0 Å². The number of urea groups is 1. The average molecular weight is 356 g/mol. The summed E-state index contributed by atoms with van der Waals surface area (Å²) in [6.45, 7) is 0.316. The molecule has 0 spiro atoms. The van der Waals surface area contributed by atoms with Gasteiger partial charge in [-0.25, -0.2) is 9.59 Å². The number of hydrogen-bond donors (Lipinski definition) is 3. The topological polar surface area (TPSA) is 105 Å². The van der Waals surface area contributed by atoms with Gasteiger partial charge in [-0.1, -0.05) is 31.4 Å². The maximum Gasteiger partial charge on any atom is 0.329 e. The standard InChI is InChI=1S/C18H32N2O5/c1-19-18(24)20-16(21)13-11-9-7-5-3-2-4-6-8-10-12-14-25-15-17(22)23/h3,5H,2,4,6-15H2,1H3,(H,22,23)(H2,19,20,21,24)/b5-3-. The van der Waals surface area contributed by atoms with Crippen molar-refractivity contribution in [2.24, 2.45) is 0 Å². The number of amides is 3. The highest BCUT2D eigenvalue weighted by atomic mass is 16.5. The number of carbonyl (C=O) groups is 3. The Kier molecular flexibility index (Phi) is 15.7. The molecule has 0 radical (unpaired) electrons. The van der Waals surface area contributed by atoms with Crippen LogP contribution in [0.1, 0.15) is 64.2 Å². The quantitative estimate of drug-likeness (QED) is 0.309. The summed E-state index contributed by atoms with van der Waals surface area (Å²) in [5.41, 5.74) is 0. The molecule has 0 bridgehead atoms. The van der Waals surface area contributed by atoms with Crippen LogP contribution in [-0.4, -0.2) is 43.3 Å². The first-order chi connectivity index (χ1) is 12.1. The lowest BCUT2D eigenvalue weighted by molar-refractivity contribution is -0.142. The summed E-state index contributed by atoms with van der Waals surface area (Å²) in [6, 6.07) is -0.460. The molecule has 0 aliphatic heterocycles. The van der Waals surface area contributed by atoms with Gasteiger partial charge in [0.1, 0.15) is 6.61 Å². The number of carboxylic acid groups (broad SMARTS) is 1. The van der Waals surface area contributed by atoms with E-state index in [1.165, 1.54) is 13.5 Å². The van der Waals surface area contributed by atoms with E-state index in [-0.39, 0.29) is 12.5 Å². The van der Waals surface area contributed by atoms with Crippen LogP contribution in [0.3, 0.4) is 0 Å². The summed E-state index contributed by atoms with van der Waals surface area (Å²) < 4.78 is 4.97. The van der Waals surface area contributed by atoms with E-state index in [2.05, 4.69) is 22.8 Å². The van der Waals surface area contributed by atoms with E-state index in [4.69, 9.17) is 9.84 Å². The molecular weight excluding hydrogens is 324 g/mol. The highest BCUT2D eigenvalue weighted by Crippen LogP contribution is 2.07. The first-order valence-electron chi connectivity index (χ1n) is 9.02. The molecule has 0 aliphatic carbocycles. The van der Waals surface area contributed by atoms with E-state index in [1.54, 1.807) is 0 Å². The van der Waals surface area contributed by atoms with Gasteiger partial charge in [-0.05, 0) is 38.5 Å². The van der Waals surface area contributed by atoms with E-state index < -0.39 is 12.0 Å². The highest BCUT2D eigenvalue weighted by molar-refractivity contribution is 5.94. The van der Waals surface area contributed by atoms with Gasteiger partial charge >= 0.3 is 12.0 Å². The van der Waals surface area contributed by atoms with Crippen molar-refractivity contribution in [3.63, 3.8) is 0 Å². The predicted octanol–water partition coefficient (Wildman–Crippen LogP) is 3.00. The summed E-state index contributed by atoms with van der Waals surface area (Å²) in [6.07, 6.45) is 13.9. The van der Waals surface area contributed by atoms with Gasteiger partial charge in [-0.3, -0.25) is 10.1 Å². The molecule has 3 amide bonds. The summed E-state index contributed by atoms with van der Waals surface area (Å²) >= 11 is 0. The zero-order valence-corrected chi connectivity index (χ0v) is 15.2. The van der Waals surface area contributed by atoms with Crippen LogP contribution < -0.4 is 10.6 Å². The molecule has 0 aromatic carbocycles. The van der Waals surface area contributed by atoms with Crippen LogP contribution in [0.15, 0.2) is 12.2 Å². The zero-order valence-electron chi connectivity index (χ0n) is 15.2. The third-order valence-corrected chi connectivity index (χ3v) is 3.56. The fourth-order valence-corrected chi connectivity index (χ4v) is 2.19. The molecule has 0 saturated heterocycles. The number of unbranched alkanes of at least 4 members (excludes halogenated alkanes) is 7. The SMILES string of the molecule is CNC(=O)NC(=O)CCCC/C=C\CCCCCCCOCC(=O)O. The molecule has 144 valence electrons. The molecule has 0 unspecified atom stereocenters. The fourth-order valence-electron chi connectivity index (χ4n) is 2.19. The van der Waals surface area contributed by atoms with Crippen LogP contribution in [0.25, 0.3) is 0 Å². The normalized spacial score (nSPS) is 10.8. The second kappa shape index (κ2) is 17.0. The Hall–Kier alpha value is -1.89.